The Hall–Kier alpha value is -2.67. The summed E-state index contributed by atoms with van der Waals surface area (Å²) in [6.07, 6.45) is 0. The molecule has 3 aromatic rings. The minimum atomic E-state index is -0.301. The first-order valence-electron chi connectivity index (χ1n) is 10.5. The van der Waals surface area contributed by atoms with Crippen LogP contribution in [0.15, 0.2) is 51.7 Å². The van der Waals surface area contributed by atoms with Gasteiger partial charge in [0.05, 0.1) is 24.3 Å². The van der Waals surface area contributed by atoms with E-state index in [1.807, 2.05) is 49.4 Å². The SMILES string of the molecule is Cc1c(-c2ccccc2)c(=O)oc2c3c(ccc12)OCN(CCN1CCOCC1)C3. The van der Waals surface area contributed by atoms with Gasteiger partial charge in [-0.05, 0) is 30.2 Å². The summed E-state index contributed by atoms with van der Waals surface area (Å²) in [5.41, 5.74) is 3.76. The van der Waals surface area contributed by atoms with Crippen LogP contribution in [-0.2, 0) is 11.3 Å². The molecule has 30 heavy (non-hydrogen) atoms. The van der Waals surface area contributed by atoms with Gasteiger partial charge in [-0.2, -0.15) is 0 Å². The minimum Gasteiger partial charge on any atom is -0.478 e. The van der Waals surface area contributed by atoms with E-state index in [9.17, 15) is 4.79 Å². The fourth-order valence-corrected chi connectivity index (χ4v) is 4.36. The molecule has 1 fully saturated rings. The highest BCUT2D eigenvalue weighted by Crippen LogP contribution is 2.35. The summed E-state index contributed by atoms with van der Waals surface area (Å²) in [6.45, 7) is 8.70. The van der Waals surface area contributed by atoms with E-state index >= 15 is 0 Å². The summed E-state index contributed by atoms with van der Waals surface area (Å²) in [6, 6.07) is 13.7. The van der Waals surface area contributed by atoms with Crippen molar-refractivity contribution >= 4 is 11.0 Å². The van der Waals surface area contributed by atoms with Crippen LogP contribution >= 0.6 is 0 Å². The predicted octanol–water partition coefficient (Wildman–Crippen LogP) is 3.25. The Morgan fingerprint density at radius 1 is 0.967 bits per heavy atom. The maximum atomic E-state index is 12.9. The maximum absolute atomic E-state index is 12.9. The lowest BCUT2D eigenvalue weighted by Crippen LogP contribution is -2.43. The molecule has 5 rings (SSSR count). The molecular formula is C24H26N2O4. The first kappa shape index (κ1) is 19.3. The third kappa shape index (κ3) is 3.62. The molecule has 2 aliphatic heterocycles. The molecule has 0 spiro atoms. The fraction of sp³-hybridized carbons (Fsp3) is 0.375. The molecule has 2 aliphatic rings. The van der Waals surface area contributed by atoms with Crippen LogP contribution in [0.1, 0.15) is 11.1 Å². The summed E-state index contributed by atoms with van der Waals surface area (Å²) in [5, 5.41) is 0.964. The number of nitrogens with zero attached hydrogens (tertiary/aromatic N) is 2. The van der Waals surface area contributed by atoms with E-state index in [2.05, 4.69) is 9.80 Å². The zero-order chi connectivity index (χ0) is 20.5. The lowest BCUT2D eigenvalue weighted by molar-refractivity contribution is 0.0241. The van der Waals surface area contributed by atoms with Gasteiger partial charge in [0.2, 0.25) is 0 Å². The largest absolute Gasteiger partial charge is 0.478 e. The Morgan fingerprint density at radius 2 is 1.73 bits per heavy atom. The summed E-state index contributed by atoms with van der Waals surface area (Å²) in [7, 11) is 0. The van der Waals surface area contributed by atoms with Crippen molar-refractivity contribution < 1.29 is 13.9 Å². The number of fused-ring (bicyclic) bond motifs is 3. The van der Waals surface area contributed by atoms with E-state index in [-0.39, 0.29) is 5.63 Å². The number of aryl methyl sites for hydroxylation is 1. The quantitative estimate of drug-likeness (QED) is 0.620. The second kappa shape index (κ2) is 8.22. The van der Waals surface area contributed by atoms with Crippen LogP contribution in [-0.4, -0.2) is 55.9 Å². The molecule has 6 nitrogen and oxygen atoms in total. The van der Waals surface area contributed by atoms with Crippen molar-refractivity contribution in [3.63, 3.8) is 0 Å². The molecule has 2 aromatic carbocycles. The van der Waals surface area contributed by atoms with E-state index in [0.29, 0.717) is 24.4 Å². The second-order valence-corrected chi connectivity index (χ2v) is 7.95. The highest BCUT2D eigenvalue weighted by atomic mass is 16.5. The standard InChI is InChI=1S/C24H26N2O4/c1-17-19-7-8-21-20(15-26(16-29-21)10-9-25-11-13-28-14-12-25)23(19)30-24(27)22(17)18-5-3-2-4-6-18/h2-8H,9-16H2,1H3. The first-order valence-corrected chi connectivity index (χ1v) is 10.5. The Kier molecular flexibility index (Phi) is 5.29. The Morgan fingerprint density at radius 3 is 2.53 bits per heavy atom. The van der Waals surface area contributed by atoms with Crippen molar-refractivity contribution in [3.8, 4) is 16.9 Å². The molecule has 0 aliphatic carbocycles. The first-order chi connectivity index (χ1) is 14.7. The molecule has 1 aromatic heterocycles. The van der Waals surface area contributed by atoms with Gasteiger partial charge in [0.1, 0.15) is 18.1 Å². The van der Waals surface area contributed by atoms with Crippen molar-refractivity contribution in [1.29, 1.82) is 0 Å². The van der Waals surface area contributed by atoms with Gasteiger partial charge < -0.3 is 13.9 Å². The number of hydrogen-bond acceptors (Lipinski definition) is 6. The average molecular weight is 406 g/mol. The van der Waals surface area contributed by atoms with Crippen molar-refractivity contribution in [2.45, 2.75) is 13.5 Å². The van der Waals surface area contributed by atoms with Gasteiger partial charge in [0, 0.05) is 38.1 Å². The maximum Gasteiger partial charge on any atom is 0.344 e. The number of rotatable bonds is 4. The van der Waals surface area contributed by atoms with Gasteiger partial charge in [0.15, 0.2) is 0 Å². The summed E-state index contributed by atoms with van der Waals surface area (Å²) < 4.78 is 17.3. The van der Waals surface area contributed by atoms with Gasteiger partial charge in [-0.25, -0.2) is 4.79 Å². The third-order valence-electron chi connectivity index (χ3n) is 6.08. The van der Waals surface area contributed by atoms with Crippen LogP contribution in [0.5, 0.6) is 5.75 Å². The van der Waals surface area contributed by atoms with Crippen LogP contribution in [0.4, 0.5) is 0 Å². The molecule has 0 N–H and O–H groups in total. The molecule has 0 amide bonds. The van der Waals surface area contributed by atoms with Crippen molar-refractivity contribution in [2.24, 2.45) is 0 Å². The monoisotopic (exact) mass is 406 g/mol. The van der Waals surface area contributed by atoms with E-state index in [1.54, 1.807) is 0 Å². The molecule has 0 bridgehead atoms. The van der Waals surface area contributed by atoms with Gasteiger partial charge in [0.25, 0.3) is 0 Å². The van der Waals surface area contributed by atoms with Gasteiger partial charge in [-0.15, -0.1) is 0 Å². The molecule has 0 unspecified atom stereocenters. The van der Waals surface area contributed by atoms with Crippen molar-refractivity contribution in [3.05, 3.63) is 64.0 Å². The Balaban J connectivity index is 1.46. The van der Waals surface area contributed by atoms with Crippen molar-refractivity contribution in [2.75, 3.05) is 46.1 Å². The summed E-state index contributed by atoms with van der Waals surface area (Å²) in [5.74, 6) is 0.806. The molecular weight excluding hydrogens is 380 g/mol. The smallest absolute Gasteiger partial charge is 0.344 e. The van der Waals surface area contributed by atoms with Crippen molar-refractivity contribution in [1.82, 2.24) is 9.80 Å². The number of benzene rings is 2. The molecule has 0 atom stereocenters. The number of hydrogen-bond donors (Lipinski definition) is 0. The molecule has 6 heteroatoms. The second-order valence-electron chi connectivity index (χ2n) is 7.95. The van der Waals surface area contributed by atoms with E-state index in [0.717, 1.165) is 67.2 Å². The van der Waals surface area contributed by atoms with Crippen LogP contribution in [0, 0.1) is 6.92 Å². The van der Waals surface area contributed by atoms with E-state index in [1.165, 1.54) is 0 Å². The normalized spacial score (nSPS) is 17.6. The molecule has 0 saturated carbocycles. The van der Waals surface area contributed by atoms with E-state index < -0.39 is 0 Å². The third-order valence-corrected chi connectivity index (χ3v) is 6.08. The van der Waals surface area contributed by atoms with Gasteiger partial charge >= 0.3 is 5.63 Å². The highest BCUT2D eigenvalue weighted by Gasteiger charge is 2.24. The molecule has 0 radical (unpaired) electrons. The summed E-state index contributed by atoms with van der Waals surface area (Å²) in [4.78, 5) is 17.6. The summed E-state index contributed by atoms with van der Waals surface area (Å²) >= 11 is 0. The van der Waals surface area contributed by atoms with Crippen LogP contribution in [0.25, 0.3) is 22.1 Å². The Labute approximate surface area is 175 Å². The van der Waals surface area contributed by atoms with Crippen LogP contribution in [0.2, 0.25) is 0 Å². The lowest BCUT2D eigenvalue weighted by Gasteiger charge is -2.32. The van der Waals surface area contributed by atoms with E-state index in [4.69, 9.17) is 13.9 Å². The molecule has 3 heterocycles. The number of ether oxygens (including phenoxy) is 2. The zero-order valence-corrected chi connectivity index (χ0v) is 17.2. The van der Waals surface area contributed by atoms with Crippen LogP contribution in [0.3, 0.4) is 0 Å². The average Bonchev–Trinajstić information content (AvgIpc) is 2.79. The predicted molar refractivity (Wildman–Crippen MR) is 116 cm³/mol. The van der Waals surface area contributed by atoms with Gasteiger partial charge in [-0.3, -0.25) is 9.80 Å². The Bertz CT molecular complexity index is 1100. The number of morpholine rings is 1. The minimum absolute atomic E-state index is 0.301. The van der Waals surface area contributed by atoms with Gasteiger partial charge in [-0.1, -0.05) is 30.3 Å². The molecule has 156 valence electrons. The zero-order valence-electron chi connectivity index (χ0n) is 17.2. The highest BCUT2D eigenvalue weighted by molar-refractivity contribution is 5.90. The lowest BCUT2D eigenvalue weighted by atomic mass is 9.97. The van der Waals surface area contributed by atoms with Crippen LogP contribution < -0.4 is 10.4 Å². The fourth-order valence-electron chi connectivity index (χ4n) is 4.36. The topological polar surface area (TPSA) is 55.2 Å². The molecule has 1 saturated heterocycles.